The minimum absolute atomic E-state index is 0.473. The maximum atomic E-state index is 5.70. The number of ether oxygens (including phenoxy) is 1. The van der Waals surface area contributed by atoms with Gasteiger partial charge in [0.1, 0.15) is 11.4 Å². The van der Waals surface area contributed by atoms with E-state index in [0.29, 0.717) is 6.54 Å². The summed E-state index contributed by atoms with van der Waals surface area (Å²) in [5, 5.41) is 4.42. The number of benzene rings is 1. The predicted octanol–water partition coefficient (Wildman–Crippen LogP) is 1.55. The highest BCUT2D eigenvalue weighted by molar-refractivity contribution is 5.69. The van der Waals surface area contributed by atoms with Gasteiger partial charge in [0, 0.05) is 30.9 Å². The average Bonchev–Trinajstić information content (AvgIpc) is 2.70. The third-order valence-corrected chi connectivity index (χ3v) is 2.49. The van der Waals surface area contributed by atoms with Crippen molar-refractivity contribution >= 4 is 0 Å². The van der Waals surface area contributed by atoms with Crippen molar-refractivity contribution in [3.05, 3.63) is 36.0 Å². The predicted molar refractivity (Wildman–Crippen MR) is 63.1 cm³/mol. The van der Waals surface area contributed by atoms with Crippen molar-refractivity contribution in [2.75, 3.05) is 7.11 Å². The van der Waals surface area contributed by atoms with Gasteiger partial charge in [-0.15, -0.1) is 0 Å². The number of nitrogens with zero attached hydrogens (tertiary/aromatic N) is 2. The Morgan fingerprint density at radius 2 is 2.12 bits per heavy atom. The molecule has 0 unspecified atom stereocenters. The van der Waals surface area contributed by atoms with Gasteiger partial charge in [-0.2, -0.15) is 5.10 Å². The molecule has 0 fully saturated rings. The molecule has 0 aliphatic carbocycles. The van der Waals surface area contributed by atoms with Gasteiger partial charge in [0.2, 0.25) is 0 Å². The Balaban J connectivity index is 2.57. The summed E-state index contributed by atoms with van der Waals surface area (Å²) in [6.45, 7) is 0.473. The van der Waals surface area contributed by atoms with Crippen LogP contribution in [-0.4, -0.2) is 16.9 Å². The number of para-hydroxylation sites is 1. The first kappa shape index (κ1) is 10.7. The summed E-state index contributed by atoms with van der Waals surface area (Å²) in [7, 11) is 3.54. The van der Waals surface area contributed by atoms with Gasteiger partial charge in [-0.25, -0.2) is 0 Å². The summed E-state index contributed by atoms with van der Waals surface area (Å²) < 4.78 is 7.09. The van der Waals surface area contributed by atoms with Crippen molar-refractivity contribution < 1.29 is 4.74 Å². The number of hydrogen-bond donors (Lipinski definition) is 1. The molecule has 16 heavy (non-hydrogen) atoms. The van der Waals surface area contributed by atoms with Crippen molar-refractivity contribution in [1.29, 1.82) is 0 Å². The fourth-order valence-corrected chi connectivity index (χ4v) is 1.75. The molecule has 2 aromatic rings. The Kier molecular flexibility index (Phi) is 2.92. The summed E-state index contributed by atoms with van der Waals surface area (Å²) >= 11 is 0. The van der Waals surface area contributed by atoms with Crippen molar-refractivity contribution in [2.24, 2.45) is 12.8 Å². The summed E-state index contributed by atoms with van der Waals surface area (Å²) in [5.41, 5.74) is 8.59. The standard InChI is InChI=1S/C12H15N3O/c1-15-8-9(7-13)12(14-15)10-5-3-4-6-11(10)16-2/h3-6,8H,7,13H2,1-2H3. The zero-order valence-corrected chi connectivity index (χ0v) is 9.47. The molecule has 0 aliphatic heterocycles. The summed E-state index contributed by atoms with van der Waals surface area (Å²) in [6.07, 6.45) is 1.93. The van der Waals surface area contributed by atoms with Crippen LogP contribution in [0.1, 0.15) is 5.56 Å². The number of methoxy groups -OCH3 is 1. The minimum atomic E-state index is 0.473. The van der Waals surface area contributed by atoms with Crippen LogP contribution in [0.3, 0.4) is 0 Å². The van der Waals surface area contributed by atoms with E-state index >= 15 is 0 Å². The van der Waals surface area contributed by atoms with Gasteiger partial charge in [0.05, 0.1) is 7.11 Å². The van der Waals surface area contributed by atoms with E-state index in [4.69, 9.17) is 10.5 Å². The smallest absolute Gasteiger partial charge is 0.128 e. The second-order valence-electron chi connectivity index (χ2n) is 3.58. The molecule has 4 heteroatoms. The first-order valence-electron chi connectivity index (χ1n) is 5.12. The largest absolute Gasteiger partial charge is 0.496 e. The van der Waals surface area contributed by atoms with E-state index in [1.54, 1.807) is 11.8 Å². The van der Waals surface area contributed by atoms with E-state index < -0.39 is 0 Å². The SMILES string of the molecule is COc1ccccc1-c1nn(C)cc1CN. The minimum Gasteiger partial charge on any atom is -0.496 e. The van der Waals surface area contributed by atoms with Gasteiger partial charge in [-0.05, 0) is 12.1 Å². The molecule has 0 atom stereocenters. The topological polar surface area (TPSA) is 53.1 Å². The lowest BCUT2D eigenvalue weighted by molar-refractivity contribution is 0.416. The molecule has 2 rings (SSSR count). The normalized spacial score (nSPS) is 10.4. The van der Waals surface area contributed by atoms with Crippen LogP contribution < -0.4 is 10.5 Å². The molecule has 84 valence electrons. The molecule has 0 saturated carbocycles. The highest BCUT2D eigenvalue weighted by Gasteiger charge is 2.12. The Morgan fingerprint density at radius 3 is 2.81 bits per heavy atom. The third-order valence-electron chi connectivity index (χ3n) is 2.49. The van der Waals surface area contributed by atoms with Crippen molar-refractivity contribution in [2.45, 2.75) is 6.54 Å². The van der Waals surface area contributed by atoms with Crippen LogP contribution in [-0.2, 0) is 13.6 Å². The summed E-state index contributed by atoms with van der Waals surface area (Å²) in [5.74, 6) is 0.816. The average molecular weight is 217 g/mol. The maximum Gasteiger partial charge on any atom is 0.128 e. The van der Waals surface area contributed by atoms with Gasteiger partial charge in [0.25, 0.3) is 0 Å². The molecule has 0 saturated heterocycles. The van der Waals surface area contributed by atoms with Crippen LogP contribution in [0.25, 0.3) is 11.3 Å². The van der Waals surface area contributed by atoms with E-state index in [1.807, 2.05) is 37.5 Å². The molecule has 1 heterocycles. The highest BCUT2D eigenvalue weighted by atomic mass is 16.5. The van der Waals surface area contributed by atoms with Gasteiger partial charge in [-0.3, -0.25) is 4.68 Å². The number of aryl methyl sites for hydroxylation is 1. The summed E-state index contributed by atoms with van der Waals surface area (Å²) in [4.78, 5) is 0. The van der Waals surface area contributed by atoms with Crippen LogP contribution in [0.4, 0.5) is 0 Å². The molecule has 1 aromatic heterocycles. The molecule has 0 bridgehead atoms. The number of rotatable bonds is 3. The van der Waals surface area contributed by atoms with Crippen LogP contribution >= 0.6 is 0 Å². The van der Waals surface area contributed by atoms with Gasteiger partial charge in [0.15, 0.2) is 0 Å². The van der Waals surface area contributed by atoms with E-state index in [0.717, 1.165) is 22.6 Å². The molecule has 0 spiro atoms. The van der Waals surface area contributed by atoms with E-state index in [9.17, 15) is 0 Å². The molecule has 0 aliphatic rings. The fraction of sp³-hybridized carbons (Fsp3) is 0.250. The van der Waals surface area contributed by atoms with Crippen LogP contribution in [0, 0.1) is 0 Å². The first-order valence-corrected chi connectivity index (χ1v) is 5.12. The zero-order valence-electron chi connectivity index (χ0n) is 9.47. The van der Waals surface area contributed by atoms with Crippen molar-refractivity contribution in [3.8, 4) is 17.0 Å². The second-order valence-corrected chi connectivity index (χ2v) is 3.58. The monoisotopic (exact) mass is 217 g/mol. The molecule has 0 amide bonds. The maximum absolute atomic E-state index is 5.70. The second kappa shape index (κ2) is 4.37. The Labute approximate surface area is 94.6 Å². The molecular formula is C12H15N3O. The lowest BCUT2D eigenvalue weighted by Crippen LogP contribution is -1.97. The van der Waals surface area contributed by atoms with Gasteiger partial charge >= 0.3 is 0 Å². The molecule has 4 nitrogen and oxygen atoms in total. The lowest BCUT2D eigenvalue weighted by Gasteiger charge is -2.06. The lowest BCUT2D eigenvalue weighted by atomic mass is 10.1. The number of hydrogen-bond acceptors (Lipinski definition) is 3. The first-order chi connectivity index (χ1) is 7.76. The van der Waals surface area contributed by atoms with Crippen LogP contribution in [0.5, 0.6) is 5.75 Å². The van der Waals surface area contributed by atoms with Gasteiger partial charge < -0.3 is 10.5 Å². The van der Waals surface area contributed by atoms with Crippen molar-refractivity contribution in [3.63, 3.8) is 0 Å². The highest BCUT2D eigenvalue weighted by Crippen LogP contribution is 2.30. The Hall–Kier alpha value is -1.81. The van der Waals surface area contributed by atoms with Crippen molar-refractivity contribution in [1.82, 2.24) is 9.78 Å². The number of aromatic nitrogens is 2. The Bertz CT molecular complexity index is 491. The van der Waals surface area contributed by atoms with Crippen LogP contribution in [0.2, 0.25) is 0 Å². The van der Waals surface area contributed by atoms with E-state index in [-0.39, 0.29) is 0 Å². The Morgan fingerprint density at radius 1 is 1.38 bits per heavy atom. The third kappa shape index (κ3) is 1.79. The molecule has 0 radical (unpaired) electrons. The molecule has 2 N–H and O–H groups in total. The summed E-state index contributed by atoms with van der Waals surface area (Å²) in [6, 6.07) is 7.81. The van der Waals surface area contributed by atoms with Gasteiger partial charge in [-0.1, -0.05) is 12.1 Å². The number of nitrogens with two attached hydrogens (primary N) is 1. The molecular weight excluding hydrogens is 202 g/mol. The van der Waals surface area contributed by atoms with Crippen LogP contribution in [0.15, 0.2) is 30.5 Å². The quantitative estimate of drug-likeness (QED) is 0.848. The van der Waals surface area contributed by atoms with E-state index in [1.165, 1.54) is 0 Å². The molecule has 1 aromatic carbocycles. The zero-order chi connectivity index (χ0) is 11.5. The fourth-order valence-electron chi connectivity index (χ4n) is 1.75. The van der Waals surface area contributed by atoms with E-state index in [2.05, 4.69) is 5.10 Å².